The van der Waals surface area contributed by atoms with Gasteiger partial charge in [0.05, 0.1) is 22.6 Å². The van der Waals surface area contributed by atoms with Gasteiger partial charge in [-0.05, 0) is 45.6 Å². The number of nitrogens with zero attached hydrogens (tertiary/aromatic N) is 3. The average Bonchev–Trinajstić information content (AvgIpc) is 2.84. The number of carbonyl (C=O) groups is 1. The van der Waals surface area contributed by atoms with E-state index in [1.54, 1.807) is 16.8 Å². The topological polar surface area (TPSA) is 50.2 Å². The van der Waals surface area contributed by atoms with Gasteiger partial charge >= 0.3 is 0 Å². The van der Waals surface area contributed by atoms with Crippen LogP contribution in [0.4, 0.5) is 4.39 Å². The fourth-order valence-electron chi connectivity index (χ4n) is 2.61. The first kappa shape index (κ1) is 18.1. The third kappa shape index (κ3) is 4.20. The van der Waals surface area contributed by atoms with Crippen LogP contribution < -0.4 is 5.32 Å². The molecule has 6 heteroatoms. The first-order chi connectivity index (χ1) is 11.4. The van der Waals surface area contributed by atoms with Gasteiger partial charge in [-0.3, -0.25) is 4.79 Å². The van der Waals surface area contributed by atoms with E-state index in [0.717, 1.165) is 24.4 Å². The van der Waals surface area contributed by atoms with E-state index < -0.39 is 0 Å². The highest BCUT2D eigenvalue weighted by atomic mass is 19.1. The Morgan fingerprint density at radius 3 is 2.75 bits per heavy atom. The van der Waals surface area contributed by atoms with Crippen molar-refractivity contribution in [3.8, 4) is 5.69 Å². The maximum atomic E-state index is 13.5. The van der Waals surface area contributed by atoms with Gasteiger partial charge in [0.1, 0.15) is 5.82 Å². The molecule has 1 N–H and O–H groups in total. The van der Waals surface area contributed by atoms with Crippen molar-refractivity contribution in [1.29, 1.82) is 0 Å². The fraction of sp³-hybridized carbons (Fsp3) is 0.444. The third-order valence-electron chi connectivity index (χ3n) is 3.80. The highest BCUT2D eigenvalue weighted by Gasteiger charge is 2.21. The predicted molar refractivity (Wildman–Crippen MR) is 93.1 cm³/mol. The Labute approximate surface area is 142 Å². The van der Waals surface area contributed by atoms with Gasteiger partial charge in [0.2, 0.25) is 0 Å². The van der Waals surface area contributed by atoms with E-state index in [4.69, 9.17) is 0 Å². The summed E-state index contributed by atoms with van der Waals surface area (Å²) in [6, 6.07) is 6.24. The zero-order valence-electron chi connectivity index (χ0n) is 14.8. The molecule has 130 valence electrons. The van der Waals surface area contributed by atoms with Crippen LogP contribution in [-0.4, -0.2) is 47.8 Å². The number of nitrogens with one attached hydrogen (secondary N) is 1. The van der Waals surface area contributed by atoms with Crippen molar-refractivity contribution >= 4 is 5.91 Å². The monoisotopic (exact) mass is 332 g/mol. The number of rotatable bonds is 7. The number of aryl methyl sites for hydroxylation is 1. The van der Waals surface area contributed by atoms with Gasteiger partial charge in [-0.15, -0.1) is 0 Å². The van der Waals surface area contributed by atoms with E-state index in [1.165, 1.54) is 12.1 Å². The SMILES string of the molecule is CCCc1nn(-c2cccc(F)c2)c(C)c1C(=O)NCCN(C)C. The molecule has 2 rings (SSSR count). The van der Waals surface area contributed by atoms with Gasteiger partial charge in [0.25, 0.3) is 5.91 Å². The zero-order valence-corrected chi connectivity index (χ0v) is 14.8. The molecular formula is C18H25FN4O. The first-order valence-electron chi connectivity index (χ1n) is 8.21. The molecule has 0 aliphatic rings. The van der Waals surface area contributed by atoms with Gasteiger partial charge in [-0.1, -0.05) is 19.4 Å². The van der Waals surface area contributed by atoms with Gasteiger partial charge in [0.15, 0.2) is 0 Å². The maximum Gasteiger partial charge on any atom is 0.255 e. The van der Waals surface area contributed by atoms with Gasteiger partial charge in [0, 0.05) is 13.1 Å². The predicted octanol–water partition coefficient (Wildman–Crippen LogP) is 2.56. The Bertz CT molecular complexity index is 709. The van der Waals surface area contributed by atoms with Crippen molar-refractivity contribution < 1.29 is 9.18 Å². The van der Waals surface area contributed by atoms with Crippen LogP contribution in [0.15, 0.2) is 24.3 Å². The molecule has 0 fully saturated rings. The van der Waals surface area contributed by atoms with Crippen LogP contribution in [-0.2, 0) is 6.42 Å². The summed E-state index contributed by atoms with van der Waals surface area (Å²) in [6.07, 6.45) is 1.59. The van der Waals surface area contributed by atoms with Crippen molar-refractivity contribution in [1.82, 2.24) is 20.0 Å². The Morgan fingerprint density at radius 1 is 1.38 bits per heavy atom. The number of hydrogen-bond acceptors (Lipinski definition) is 3. The molecule has 5 nitrogen and oxygen atoms in total. The minimum Gasteiger partial charge on any atom is -0.351 e. The van der Waals surface area contributed by atoms with Crippen LogP contribution in [0.2, 0.25) is 0 Å². The molecule has 1 heterocycles. The number of hydrogen-bond donors (Lipinski definition) is 1. The van der Waals surface area contributed by atoms with E-state index in [1.807, 2.05) is 32.8 Å². The van der Waals surface area contributed by atoms with Gasteiger partial charge < -0.3 is 10.2 Å². The van der Waals surface area contributed by atoms with Crippen LogP contribution in [0.1, 0.15) is 35.1 Å². The minimum atomic E-state index is -0.323. The Balaban J connectivity index is 2.34. The maximum absolute atomic E-state index is 13.5. The van der Waals surface area contributed by atoms with Crippen molar-refractivity contribution in [3.05, 3.63) is 47.0 Å². The third-order valence-corrected chi connectivity index (χ3v) is 3.80. The number of carbonyl (C=O) groups excluding carboxylic acids is 1. The molecule has 0 saturated carbocycles. The molecule has 24 heavy (non-hydrogen) atoms. The van der Waals surface area contributed by atoms with Crippen LogP contribution >= 0.6 is 0 Å². The number of benzene rings is 1. The summed E-state index contributed by atoms with van der Waals surface area (Å²) >= 11 is 0. The molecule has 0 unspecified atom stereocenters. The second-order valence-corrected chi connectivity index (χ2v) is 6.11. The average molecular weight is 332 g/mol. The van der Waals surface area contributed by atoms with Crippen LogP contribution in [0.5, 0.6) is 0 Å². The summed E-state index contributed by atoms with van der Waals surface area (Å²) in [5, 5.41) is 7.49. The van der Waals surface area contributed by atoms with Gasteiger partial charge in [-0.2, -0.15) is 5.10 Å². The van der Waals surface area contributed by atoms with Crippen molar-refractivity contribution in [2.24, 2.45) is 0 Å². The molecule has 0 atom stereocenters. The minimum absolute atomic E-state index is 0.125. The summed E-state index contributed by atoms with van der Waals surface area (Å²) in [7, 11) is 3.92. The Morgan fingerprint density at radius 2 is 2.12 bits per heavy atom. The Kier molecular flexibility index (Phi) is 6.09. The van der Waals surface area contributed by atoms with Crippen LogP contribution in [0.3, 0.4) is 0 Å². The lowest BCUT2D eigenvalue weighted by Crippen LogP contribution is -2.32. The molecule has 1 aromatic heterocycles. The smallest absolute Gasteiger partial charge is 0.255 e. The Hall–Kier alpha value is -2.21. The molecule has 0 aliphatic carbocycles. The zero-order chi connectivity index (χ0) is 17.7. The summed E-state index contributed by atoms with van der Waals surface area (Å²) in [4.78, 5) is 14.6. The molecule has 0 spiro atoms. The standard InChI is InChI=1S/C18H25FN4O/c1-5-7-16-17(18(24)20-10-11-22(3)4)13(2)23(21-16)15-9-6-8-14(19)12-15/h6,8-9,12H,5,7,10-11H2,1-4H3,(H,20,24). The lowest BCUT2D eigenvalue weighted by atomic mass is 10.1. The van der Waals surface area contributed by atoms with Crippen LogP contribution in [0, 0.1) is 12.7 Å². The second kappa shape index (κ2) is 8.06. The van der Waals surface area contributed by atoms with E-state index >= 15 is 0 Å². The largest absolute Gasteiger partial charge is 0.351 e. The summed E-state index contributed by atoms with van der Waals surface area (Å²) < 4.78 is 15.2. The normalized spacial score (nSPS) is 11.1. The molecule has 0 radical (unpaired) electrons. The lowest BCUT2D eigenvalue weighted by Gasteiger charge is -2.11. The van der Waals surface area contributed by atoms with Crippen molar-refractivity contribution in [2.45, 2.75) is 26.7 Å². The number of aromatic nitrogens is 2. The van der Waals surface area contributed by atoms with E-state index in [9.17, 15) is 9.18 Å². The van der Waals surface area contributed by atoms with E-state index in [-0.39, 0.29) is 11.7 Å². The second-order valence-electron chi connectivity index (χ2n) is 6.11. The number of likely N-dealkylation sites (N-methyl/N-ethyl adjacent to an activating group) is 1. The molecule has 2 aromatic rings. The molecule has 0 bridgehead atoms. The molecule has 0 aliphatic heterocycles. The summed E-state index contributed by atoms with van der Waals surface area (Å²) in [5.41, 5.74) is 2.70. The quantitative estimate of drug-likeness (QED) is 0.848. The first-order valence-corrected chi connectivity index (χ1v) is 8.21. The number of amides is 1. The fourth-order valence-corrected chi connectivity index (χ4v) is 2.61. The number of halogens is 1. The van der Waals surface area contributed by atoms with E-state index in [2.05, 4.69) is 10.4 Å². The van der Waals surface area contributed by atoms with Crippen molar-refractivity contribution in [3.63, 3.8) is 0 Å². The molecular weight excluding hydrogens is 307 g/mol. The molecule has 1 amide bonds. The summed E-state index contributed by atoms with van der Waals surface area (Å²) in [5.74, 6) is -0.447. The van der Waals surface area contributed by atoms with Crippen molar-refractivity contribution in [2.75, 3.05) is 27.2 Å². The lowest BCUT2D eigenvalue weighted by molar-refractivity contribution is 0.0949. The highest BCUT2D eigenvalue weighted by Crippen LogP contribution is 2.20. The highest BCUT2D eigenvalue weighted by molar-refractivity contribution is 5.96. The summed E-state index contributed by atoms with van der Waals surface area (Å²) in [6.45, 7) is 5.23. The van der Waals surface area contributed by atoms with E-state index in [0.29, 0.717) is 24.2 Å². The van der Waals surface area contributed by atoms with Crippen LogP contribution in [0.25, 0.3) is 5.69 Å². The van der Waals surface area contributed by atoms with Gasteiger partial charge in [-0.25, -0.2) is 9.07 Å². The molecule has 0 saturated heterocycles. The molecule has 1 aromatic carbocycles.